The van der Waals surface area contributed by atoms with Gasteiger partial charge in [-0.05, 0) is 44.5 Å². The third-order valence-electron chi connectivity index (χ3n) is 4.63. The average Bonchev–Trinajstić information content (AvgIpc) is 2.88. The molecule has 136 valence electrons. The van der Waals surface area contributed by atoms with Crippen LogP contribution in [0.15, 0.2) is 36.5 Å². The minimum absolute atomic E-state index is 0. The van der Waals surface area contributed by atoms with Gasteiger partial charge < -0.3 is 10.6 Å². The Morgan fingerprint density at radius 1 is 1.16 bits per heavy atom. The van der Waals surface area contributed by atoms with E-state index in [-0.39, 0.29) is 14.5 Å². The number of nitrogen functional groups attached to an aromatic ring is 1. The first kappa shape index (κ1) is 17.4. The molecule has 1 saturated heterocycles. The first-order valence-electron chi connectivity index (χ1n) is 8.77. The van der Waals surface area contributed by atoms with Crippen LogP contribution < -0.4 is 10.6 Å². The summed E-state index contributed by atoms with van der Waals surface area (Å²) < 4.78 is 0. The Hall–Kier alpha value is -2.47. The van der Waals surface area contributed by atoms with Crippen LogP contribution >= 0.6 is 0 Å². The number of carbonyl (C=O) groups excluding carboxylic acids is 1. The molecule has 3 rings (SSSR count). The van der Waals surface area contributed by atoms with E-state index >= 15 is 0 Å². The van der Waals surface area contributed by atoms with E-state index in [1.54, 1.807) is 24.4 Å². The predicted octanol–water partition coefficient (Wildman–Crippen LogP) is 2.70. The fourth-order valence-electron chi connectivity index (χ4n) is 3.16. The SMILES string of the molecule is CC(C)N1CCCN(c2cccc(C(=O)c3cccnc3N)n2)CC1.[HH].[HH]. The van der Waals surface area contributed by atoms with Gasteiger partial charge in [0, 0.05) is 41.3 Å². The van der Waals surface area contributed by atoms with Crippen molar-refractivity contribution < 1.29 is 7.65 Å². The van der Waals surface area contributed by atoms with E-state index in [0.29, 0.717) is 17.3 Å². The summed E-state index contributed by atoms with van der Waals surface area (Å²) in [6.07, 6.45) is 2.67. The molecule has 0 atom stereocenters. The van der Waals surface area contributed by atoms with Crippen molar-refractivity contribution in [1.82, 2.24) is 14.9 Å². The highest BCUT2D eigenvalue weighted by Crippen LogP contribution is 2.18. The molecule has 2 aromatic heterocycles. The van der Waals surface area contributed by atoms with Crippen molar-refractivity contribution in [1.29, 1.82) is 0 Å². The number of nitrogens with two attached hydrogens (primary N) is 1. The number of hydrogen-bond donors (Lipinski definition) is 1. The molecule has 2 aromatic rings. The number of rotatable bonds is 4. The molecule has 1 fully saturated rings. The van der Waals surface area contributed by atoms with E-state index in [4.69, 9.17) is 5.73 Å². The highest BCUT2D eigenvalue weighted by atomic mass is 16.1. The minimum atomic E-state index is -0.189. The van der Waals surface area contributed by atoms with Gasteiger partial charge in [0.1, 0.15) is 17.3 Å². The Morgan fingerprint density at radius 3 is 2.76 bits per heavy atom. The quantitative estimate of drug-likeness (QED) is 0.860. The lowest BCUT2D eigenvalue weighted by Gasteiger charge is -2.25. The molecule has 0 aliphatic carbocycles. The number of pyridine rings is 2. The van der Waals surface area contributed by atoms with Gasteiger partial charge in [-0.15, -0.1) is 0 Å². The molecule has 0 amide bonds. The van der Waals surface area contributed by atoms with Crippen LogP contribution in [0.3, 0.4) is 0 Å². The highest BCUT2D eigenvalue weighted by Gasteiger charge is 2.19. The zero-order valence-corrected chi connectivity index (χ0v) is 14.9. The summed E-state index contributed by atoms with van der Waals surface area (Å²) in [5.41, 5.74) is 6.63. The molecule has 0 unspecified atom stereocenters. The van der Waals surface area contributed by atoms with Gasteiger partial charge in [0.05, 0.1) is 5.56 Å². The Balaban J connectivity index is 0.00000182. The van der Waals surface area contributed by atoms with Crippen molar-refractivity contribution in [3.63, 3.8) is 0 Å². The summed E-state index contributed by atoms with van der Waals surface area (Å²) in [7, 11) is 0. The first-order chi connectivity index (χ1) is 12.1. The Kier molecular flexibility index (Phi) is 5.28. The van der Waals surface area contributed by atoms with Crippen molar-refractivity contribution in [2.45, 2.75) is 26.3 Å². The molecule has 3 heterocycles. The lowest BCUT2D eigenvalue weighted by Crippen LogP contribution is -2.35. The molecule has 0 spiro atoms. The Morgan fingerprint density at radius 2 is 2.00 bits per heavy atom. The lowest BCUT2D eigenvalue weighted by molar-refractivity contribution is 0.103. The number of hydrogen-bond acceptors (Lipinski definition) is 6. The van der Waals surface area contributed by atoms with Gasteiger partial charge in [-0.3, -0.25) is 9.69 Å². The molecule has 0 saturated carbocycles. The molecule has 6 heteroatoms. The maximum atomic E-state index is 12.7. The van der Waals surface area contributed by atoms with Crippen molar-refractivity contribution in [2.24, 2.45) is 0 Å². The molecule has 1 aliphatic rings. The third-order valence-corrected chi connectivity index (χ3v) is 4.63. The predicted molar refractivity (Wildman–Crippen MR) is 104 cm³/mol. The van der Waals surface area contributed by atoms with Crippen molar-refractivity contribution in [3.05, 3.63) is 47.8 Å². The van der Waals surface area contributed by atoms with Crippen molar-refractivity contribution in [2.75, 3.05) is 36.8 Å². The average molecular weight is 343 g/mol. The van der Waals surface area contributed by atoms with Gasteiger partial charge in [0.25, 0.3) is 0 Å². The fraction of sp³-hybridized carbons (Fsp3) is 0.421. The standard InChI is InChI=1S/C19H25N5O.2H2/c1-14(2)23-10-5-11-24(13-12-23)17-8-3-7-16(22-17)18(25)15-6-4-9-21-19(15)20;;/h3-4,6-9,14H,5,10-13H2,1-2H3,(H2,20,21);2*1H. The third kappa shape index (κ3) is 3.96. The molecule has 25 heavy (non-hydrogen) atoms. The van der Waals surface area contributed by atoms with Crippen LogP contribution in [-0.4, -0.2) is 52.9 Å². The van der Waals surface area contributed by atoms with E-state index in [1.807, 2.05) is 12.1 Å². The molecule has 6 nitrogen and oxygen atoms in total. The summed E-state index contributed by atoms with van der Waals surface area (Å²) in [6.45, 7) is 8.42. The summed E-state index contributed by atoms with van der Waals surface area (Å²) >= 11 is 0. The largest absolute Gasteiger partial charge is 0.383 e. The summed E-state index contributed by atoms with van der Waals surface area (Å²) in [5.74, 6) is 0.895. The van der Waals surface area contributed by atoms with E-state index in [0.717, 1.165) is 38.4 Å². The number of carbonyl (C=O) groups is 1. The van der Waals surface area contributed by atoms with Crippen molar-refractivity contribution >= 4 is 17.4 Å². The maximum absolute atomic E-state index is 12.7. The topological polar surface area (TPSA) is 75.3 Å². The Labute approximate surface area is 151 Å². The van der Waals surface area contributed by atoms with Crippen LogP contribution in [0.4, 0.5) is 11.6 Å². The van der Waals surface area contributed by atoms with Gasteiger partial charge >= 0.3 is 0 Å². The summed E-state index contributed by atoms with van der Waals surface area (Å²) in [4.78, 5) is 26.0. The van der Waals surface area contributed by atoms with Crippen LogP contribution in [0.1, 0.15) is 39.2 Å². The van der Waals surface area contributed by atoms with E-state index in [1.165, 1.54) is 0 Å². The van der Waals surface area contributed by atoms with Gasteiger partial charge in [-0.1, -0.05) is 6.07 Å². The number of aromatic nitrogens is 2. The van der Waals surface area contributed by atoms with Crippen molar-refractivity contribution in [3.8, 4) is 0 Å². The molecule has 0 aromatic carbocycles. The number of ketones is 1. The fourth-order valence-corrected chi connectivity index (χ4v) is 3.16. The Bertz CT molecular complexity index is 756. The molecule has 2 N–H and O–H groups in total. The highest BCUT2D eigenvalue weighted by molar-refractivity contribution is 6.10. The van der Waals surface area contributed by atoms with Gasteiger partial charge in [-0.25, -0.2) is 9.97 Å². The van der Waals surface area contributed by atoms with Crippen LogP contribution in [-0.2, 0) is 0 Å². The van der Waals surface area contributed by atoms with Crippen LogP contribution in [0.2, 0.25) is 0 Å². The normalized spacial score (nSPS) is 16.0. The van der Waals surface area contributed by atoms with E-state index in [2.05, 4.69) is 33.6 Å². The van der Waals surface area contributed by atoms with Gasteiger partial charge in [0.15, 0.2) is 0 Å². The van der Waals surface area contributed by atoms with Crippen LogP contribution in [0.5, 0.6) is 0 Å². The second kappa shape index (κ2) is 7.61. The smallest absolute Gasteiger partial charge is 0.215 e. The number of nitrogens with zero attached hydrogens (tertiary/aromatic N) is 4. The van der Waals surface area contributed by atoms with Crippen LogP contribution in [0.25, 0.3) is 0 Å². The second-order valence-corrected chi connectivity index (χ2v) is 6.62. The second-order valence-electron chi connectivity index (χ2n) is 6.62. The zero-order valence-electron chi connectivity index (χ0n) is 14.9. The monoisotopic (exact) mass is 343 g/mol. The molecule has 0 radical (unpaired) electrons. The maximum Gasteiger partial charge on any atom is 0.215 e. The van der Waals surface area contributed by atoms with Crippen LogP contribution in [0, 0.1) is 0 Å². The van der Waals surface area contributed by atoms with Gasteiger partial charge in [0.2, 0.25) is 5.78 Å². The summed E-state index contributed by atoms with van der Waals surface area (Å²) in [6, 6.07) is 9.53. The lowest BCUT2D eigenvalue weighted by atomic mass is 10.1. The minimum Gasteiger partial charge on any atom is -0.383 e. The summed E-state index contributed by atoms with van der Waals surface area (Å²) in [5, 5.41) is 0. The van der Waals surface area contributed by atoms with E-state index in [9.17, 15) is 4.79 Å². The first-order valence-corrected chi connectivity index (χ1v) is 8.77. The molecular weight excluding hydrogens is 314 g/mol. The number of anilines is 2. The zero-order chi connectivity index (χ0) is 17.8. The molecular formula is C19H29N5O. The molecule has 1 aliphatic heterocycles. The van der Waals surface area contributed by atoms with Gasteiger partial charge in [-0.2, -0.15) is 0 Å². The molecule has 0 bridgehead atoms. The van der Waals surface area contributed by atoms with E-state index < -0.39 is 0 Å².